The summed E-state index contributed by atoms with van der Waals surface area (Å²) < 4.78 is 1.13. The molecule has 0 heterocycles. The van der Waals surface area contributed by atoms with Gasteiger partial charge in [-0.15, -0.1) is 0 Å². The first-order valence-electron chi connectivity index (χ1n) is 7.67. The standard InChI is InChI=1S/C18H22BrN/c19-17-9-8-14-11-16(7-6-15(14)12-17)18(20)10-13-4-2-1-3-5-13/h6-9,11-13,18H,1-5,10,20H2. The SMILES string of the molecule is NC(CC1CCCCC1)c1ccc2cc(Br)ccc2c1. The van der Waals surface area contributed by atoms with Crippen LogP contribution in [0, 0.1) is 5.92 Å². The number of rotatable bonds is 3. The Bertz CT molecular complexity index is 587. The van der Waals surface area contributed by atoms with Gasteiger partial charge in [-0.05, 0) is 46.9 Å². The summed E-state index contributed by atoms with van der Waals surface area (Å²) in [6, 6.07) is 13.3. The molecule has 0 saturated heterocycles. The Morgan fingerprint density at radius 2 is 1.70 bits per heavy atom. The molecule has 3 rings (SSSR count). The molecule has 0 radical (unpaired) electrons. The van der Waals surface area contributed by atoms with Crippen molar-refractivity contribution in [1.29, 1.82) is 0 Å². The van der Waals surface area contributed by atoms with E-state index < -0.39 is 0 Å². The van der Waals surface area contributed by atoms with E-state index in [-0.39, 0.29) is 6.04 Å². The third-order valence-electron chi connectivity index (χ3n) is 4.57. The van der Waals surface area contributed by atoms with Crippen molar-refractivity contribution in [2.24, 2.45) is 11.7 Å². The molecule has 106 valence electrons. The van der Waals surface area contributed by atoms with Crippen molar-refractivity contribution in [3.8, 4) is 0 Å². The molecule has 1 atom stereocenters. The lowest BCUT2D eigenvalue weighted by atomic mass is 9.83. The maximum absolute atomic E-state index is 6.44. The summed E-state index contributed by atoms with van der Waals surface area (Å²) in [4.78, 5) is 0. The fraction of sp³-hybridized carbons (Fsp3) is 0.444. The number of nitrogens with two attached hydrogens (primary N) is 1. The van der Waals surface area contributed by atoms with Crippen LogP contribution in [0.25, 0.3) is 10.8 Å². The van der Waals surface area contributed by atoms with E-state index >= 15 is 0 Å². The van der Waals surface area contributed by atoms with Gasteiger partial charge in [-0.25, -0.2) is 0 Å². The zero-order chi connectivity index (χ0) is 13.9. The lowest BCUT2D eigenvalue weighted by molar-refractivity contribution is 0.319. The number of halogens is 1. The number of fused-ring (bicyclic) bond motifs is 1. The van der Waals surface area contributed by atoms with Crippen molar-refractivity contribution in [1.82, 2.24) is 0 Å². The summed E-state index contributed by atoms with van der Waals surface area (Å²) in [6.45, 7) is 0. The van der Waals surface area contributed by atoms with Gasteiger partial charge >= 0.3 is 0 Å². The number of benzene rings is 2. The largest absolute Gasteiger partial charge is 0.324 e. The van der Waals surface area contributed by atoms with E-state index in [0.717, 1.165) is 16.8 Å². The number of hydrogen-bond acceptors (Lipinski definition) is 1. The van der Waals surface area contributed by atoms with Crippen LogP contribution in [0.5, 0.6) is 0 Å². The van der Waals surface area contributed by atoms with Crippen LogP contribution in [0.2, 0.25) is 0 Å². The summed E-state index contributed by atoms with van der Waals surface area (Å²) in [6.07, 6.45) is 8.08. The highest BCUT2D eigenvalue weighted by Crippen LogP contribution is 2.32. The average Bonchev–Trinajstić information content (AvgIpc) is 2.47. The van der Waals surface area contributed by atoms with Gasteiger partial charge in [0.2, 0.25) is 0 Å². The first-order chi connectivity index (χ1) is 9.72. The Hall–Kier alpha value is -0.860. The second kappa shape index (κ2) is 6.28. The minimum Gasteiger partial charge on any atom is -0.324 e. The third kappa shape index (κ3) is 3.24. The lowest BCUT2D eigenvalue weighted by Crippen LogP contribution is -2.17. The highest BCUT2D eigenvalue weighted by molar-refractivity contribution is 9.10. The van der Waals surface area contributed by atoms with E-state index in [2.05, 4.69) is 52.3 Å². The molecule has 1 aliphatic rings. The van der Waals surface area contributed by atoms with E-state index in [0.29, 0.717) is 0 Å². The summed E-state index contributed by atoms with van der Waals surface area (Å²) in [7, 11) is 0. The van der Waals surface area contributed by atoms with E-state index in [4.69, 9.17) is 5.73 Å². The summed E-state index contributed by atoms with van der Waals surface area (Å²) >= 11 is 3.52. The van der Waals surface area contributed by atoms with Crippen LogP contribution >= 0.6 is 15.9 Å². The van der Waals surface area contributed by atoms with Crippen LogP contribution in [0.1, 0.15) is 50.1 Å². The van der Waals surface area contributed by atoms with E-state index in [9.17, 15) is 0 Å². The van der Waals surface area contributed by atoms with Crippen LogP contribution in [0.3, 0.4) is 0 Å². The Morgan fingerprint density at radius 1 is 1.00 bits per heavy atom. The zero-order valence-corrected chi connectivity index (χ0v) is 13.4. The van der Waals surface area contributed by atoms with Gasteiger partial charge in [0.25, 0.3) is 0 Å². The summed E-state index contributed by atoms with van der Waals surface area (Å²) in [5, 5.41) is 2.55. The third-order valence-corrected chi connectivity index (χ3v) is 5.06. The molecule has 2 N–H and O–H groups in total. The first-order valence-corrected chi connectivity index (χ1v) is 8.46. The second-order valence-electron chi connectivity index (χ2n) is 6.10. The highest BCUT2D eigenvalue weighted by Gasteiger charge is 2.17. The predicted molar refractivity (Wildman–Crippen MR) is 89.8 cm³/mol. The Labute approximate surface area is 129 Å². The predicted octanol–water partition coefficient (Wildman–Crippen LogP) is 5.57. The van der Waals surface area contributed by atoms with Crippen molar-refractivity contribution in [3.05, 3.63) is 46.4 Å². The summed E-state index contributed by atoms with van der Waals surface area (Å²) in [5.74, 6) is 0.833. The molecule has 1 aliphatic carbocycles. The van der Waals surface area contributed by atoms with Crippen LogP contribution in [-0.2, 0) is 0 Å². The Morgan fingerprint density at radius 3 is 2.50 bits per heavy atom. The van der Waals surface area contributed by atoms with E-state index in [1.165, 1.54) is 48.4 Å². The zero-order valence-electron chi connectivity index (χ0n) is 11.8. The molecule has 0 aromatic heterocycles. The van der Waals surface area contributed by atoms with Gasteiger partial charge in [-0.1, -0.05) is 66.2 Å². The maximum atomic E-state index is 6.44. The van der Waals surface area contributed by atoms with Crippen molar-refractivity contribution in [2.45, 2.75) is 44.6 Å². The number of hydrogen-bond donors (Lipinski definition) is 1. The van der Waals surface area contributed by atoms with Crippen molar-refractivity contribution < 1.29 is 0 Å². The van der Waals surface area contributed by atoms with Crippen molar-refractivity contribution in [3.63, 3.8) is 0 Å². The minimum atomic E-state index is 0.186. The molecule has 0 aliphatic heterocycles. The van der Waals surface area contributed by atoms with Crippen LogP contribution in [0.4, 0.5) is 0 Å². The monoisotopic (exact) mass is 331 g/mol. The smallest absolute Gasteiger partial charge is 0.0297 e. The Balaban J connectivity index is 1.76. The Kier molecular flexibility index (Phi) is 4.42. The van der Waals surface area contributed by atoms with Crippen LogP contribution < -0.4 is 5.73 Å². The minimum absolute atomic E-state index is 0.186. The molecule has 0 spiro atoms. The van der Waals surface area contributed by atoms with E-state index in [1.54, 1.807) is 0 Å². The fourth-order valence-electron chi connectivity index (χ4n) is 3.38. The summed E-state index contributed by atoms with van der Waals surface area (Å²) in [5.41, 5.74) is 7.72. The molecular weight excluding hydrogens is 310 g/mol. The average molecular weight is 332 g/mol. The van der Waals surface area contributed by atoms with Gasteiger partial charge < -0.3 is 5.73 Å². The molecule has 1 nitrogen and oxygen atoms in total. The molecule has 2 heteroatoms. The van der Waals surface area contributed by atoms with Gasteiger partial charge in [0, 0.05) is 10.5 Å². The quantitative estimate of drug-likeness (QED) is 0.781. The van der Waals surface area contributed by atoms with Crippen molar-refractivity contribution in [2.75, 3.05) is 0 Å². The molecule has 2 aromatic carbocycles. The van der Waals surface area contributed by atoms with Gasteiger partial charge in [0.05, 0.1) is 0 Å². The molecule has 1 unspecified atom stereocenters. The fourth-order valence-corrected chi connectivity index (χ4v) is 3.76. The van der Waals surface area contributed by atoms with Gasteiger partial charge in [-0.3, -0.25) is 0 Å². The molecule has 0 bridgehead atoms. The molecule has 1 saturated carbocycles. The highest BCUT2D eigenvalue weighted by atomic mass is 79.9. The topological polar surface area (TPSA) is 26.0 Å². The van der Waals surface area contributed by atoms with Crippen LogP contribution in [-0.4, -0.2) is 0 Å². The molecule has 1 fully saturated rings. The van der Waals surface area contributed by atoms with E-state index in [1.807, 2.05) is 0 Å². The first kappa shape index (κ1) is 14.1. The second-order valence-corrected chi connectivity index (χ2v) is 7.01. The molecule has 0 amide bonds. The normalized spacial score (nSPS) is 18.3. The lowest BCUT2D eigenvalue weighted by Gasteiger charge is -2.24. The molecule has 20 heavy (non-hydrogen) atoms. The van der Waals surface area contributed by atoms with Gasteiger partial charge in [-0.2, -0.15) is 0 Å². The van der Waals surface area contributed by atoms with Crippen molar-refractivity contribution >= 4 is 26.7 Å². The van der Waals surface area contributed by atoms with Gasteiger partial charge in [0.1, 0.15) is 0 Å². The van der Waals surface area contributed by atoms with Crippen LogP contribution in [0.15, 0.2) is 40.9 Å². The molecule has 2 aromatic rings. The van der Waals surface area contributed by atoms with Gasteiger partial charge in [0.15, 0.2) is 0 Å². The maximum Gasteiger partial charge on any atom is 0.0297 e. The molecular formula is C18H22BrN.